The van der Waals surface area contributed by atoms with E-state index in [2.05, 4.69) is 5.32 Å². The van der Waals surface area contributed by atoms with Crippen LogP contribution in [0.3, 0.4) is 0 Å². The van der Waals surface area contributed by atoms with Crippen molar-refractivity contribution in [3.8, 4) is 5.75 Å². The fraction of sp³-hybridized carbons (Fsp3) is 0.500. The van der Waals surface area contributed by atoms with Crippen LogP contribution in [0.25, 0.3) is 0 Å². The molecule has 1 aliphatic heterocycles. The van der Waals surface area contributed by atoms with E-state index in [1.165, 1.54) is 0 Å². The average molecular weight is 291 g/mol. The number of carbonyl (C=O) groups is 2. The summed E-state index contributed by atoms with van der Waals surface area (Å²) >= 11 is 0. The van der Waals surface area contributed by atoms with Gasteiger partial charge in [-0.2, -0.15) is 0 Å². The maximum Gasteiger partial charge on any atom is 0.412 e. The van der Waals surface area contributed by atoms with Crippen LogP contribution >= 0.6 is 0 Å². The van der Waals surface area contributed by atoms with Crippen LogP contribution < -0.4 is 10.1 Å². The summed E-state index contributed by atoms with van der Waals surface area (Å²) in [5, 5.41) is 2.64. The Morgan fingerprint density at radius 3 is 2.62 bits per heavy atom. The van der Waals surface area contributed by atoms with E-state index in [1.807, 2.05) is 13.8 Å². The zero-order chi connectivity index (χ0) is 15.8. The molecule has 0 fully saturated rings. The fourth-order valence-electron chi connectivity index (χ4n) is 2.15. The van der Waals surface area contributed by atoms with Crippen molar-refractivity contribution in [1.29, 1.82) is 0 Å². The van der Waals surface area contributed by atoms with Crippen LogP contribution in [0.5, 0.6) is 5.75 Å². The summed E-state index contributed by atoms with van der Waals surface area (Å²) in [5.41, 5.74) is -0.0148. The van der Waals surface area contributed by atoms with E-state index in [0.717, 1.165) is 0 Å². The molecule has 0 radical (unpaired) electrons. The number of Topliss-reactive ketones (excluding diaryl/α,β-unsaturated/α-hetero) is 1. The molecule has 0 bridgehead atoms. The molecule has 21 heavy (non-hydrogen) atoms. The highest BCUT2D eigenvalue weighted by molar-refractivity contribution is 6.01. The van der Waals surface area contributed by atoms with Crippen molar-refractivity contribution in [1.82, 2.24) is 0 Å². The van der Waals surface area contributed by atoms with Crippen LogP contribution in [0, 0.1) is 0 Å². The molecule has 1 aromatic rings. The number of nitrogens with one attached hydrogen (secondary N) is 1. The Kier molecular flexibility index (Phi) is 3.70. The van der Waals surface area contributed by atoms with Crippen molar-refractivity contribution in [2.75, 3.05) is 5.32 Å². The lowest BCUT2D eigenvalue weighted by Crippen LogP contribution is -2.36. The number of hydrogen-bond donors (Lipinski definition) is 1. The predicted octanol–water partition coefficient (Wildman–Crippen LogP) is 3.78. The van der Waals surface area contributed by atoms with Crippen molar-refractivity contribution in [2.24, 2.45) is 0 Å². The first-order valence-corrected chi connectivity index (χ1v) is 6.92. The summed E-state index contributed by atoms with van der Waals surface area (Å²) in [6.07, 6.45) is -0.192. The summed E-state index contributed by atoms with van der Waals surface area (Å²) in [5.74, 6) is 0.537. The van der Waals surface area contributed by atoms with E-state index in [-0.39, 0.29) is 5.78 Å². The molecule has 0 saturated heterocycles. The molecular formula is C16H21NO4. The zero-order valence-corrected chi connectivity index (χ0v) is 13.1. The molecule has 1 amide bonds. The van der Waals surface area contributed by atoms with Gasteiger partial charge in [-0.05, 0) is 46.8 Å². The van der Waals surface area contributed by atoms with Crippen LogP contribution in [0.15, 0.2) is 18.2 Å². The number of anilines is 1. The van der Waals surface area contributed by atoms with E-state index in [4.69, 9.17) is 9.47 Å². The van der Waals surface area contributed by atoms with Crippen LogP contribution in [-0.2, 0) is 4.74 Å². The standard InChI is InChI=1S/C16H21NO4/c1-15(2,3)21-14(19)17-10-6-7-11-12(18)9-16(4,5)20-13(11)8-10/h6-8H,9H2,1-5H3,(H,17,19). The van der Waals surface area contributed by atoms with Gasteiger partial charge >= 0.3 is 6.09 Å². The summed E-state index contributed by atoms with van der Waals surface area (Å²) in [6, 6.07) is 4.99. The minimum absolute atomic E-state index is 0.0464. The minimum Gasteiger partial charge on any atom is -0.487 e. The molecule has 0 unspecified atom stereocenters. The lowest BCUT2D eigenvalue weighted by molar-refractivity contribution is 0.0619. The highest BCUT2D eigenvalue weighted by Gasteiger charge is 2.32. The number of amides is 1. The SMILES string of the molecule is CC(C)(C)OC(=O)Nc1ccc2c(c1)OC(C)(C)CC2=O. The van der Waals surface area contributed by atoms with Crippen molar-refractivity contribution in [3.63, 3.8) is 0 Å². The fourth-order valence-corrected chi connectivity index (χ4v) is 2.15. The number of rotatable bonds is 1. The molecule has 1 heterocycles. The van der Waals surface area contributed by atoms with Gasteiger partial charge in [0.05, 0.1) is 12.0 Å². The summed E-state index contributed by atoms with van der Waals surface area (Å²) in [7, 11) is 0. The maximum absolute atomic E-state index is 12.0. The first-order chi connectivity index (χ1) is 9.56. The van der Waals surface area contributed by atoms with Crippen molar-refractivity contribution < 1.29 is 19.1 Å². The highest BCUT2D eigenvalue weighted by atomic mass is 16.6. The molecule has 0 spiro atoms. The lowest BCUT2D eigenvalue weighted by Gasteiger charge is -2.31. The maximum atomic E-state index is 12.0. The van der Waals surface area contributed by atoms with Gasteiger partial charge in [-0.1, -0.05) is 0 Å². The number of fused-ring (bicyclic) bond motifs is 1. The molecule has 114 valence electrons. The average Bonchev–Trinajstić information content (AvgIpc) is 2.23. The molecule has 0 aromatic heterocycles. The molecule has 2 rings (SSSR count). The van der Waals surface area contributed by atoms with Crippen molar-refractivity contribution >= 4 is 17.6 Å². The second-order valence-corrected chi connectivity index (χ2v) is 6.80. The second-order valence-electron chi connectivity index (χ2n) is 6.80. The minimum atomic E-state index is -0.563. The topological polar surface area (TPSA) is 64.6 Å². The number of ketones is 1. The van der Waals surface area contributed by atoms with Crippen LogP contribution in [0.4, 0.5) is 10.5 Å². The van der Waals surface area contributed by atoms with Crippen molar-refractivity contribution in [3.05, 3.63) is 23.8 Å². The first-order valence-electron chi connectivity index (χ1n) is 6.92. The van der Waals surface area contributed by atoms with E-state index in [1.54, 1.807) is 39.0 Å². The van der Waals surface area contributed by atoms with Gasteiger partial charge in [0.25, 0.3) is 0 Å². The Morgan fingerprint density at radius 1 is 1.33 bits per heavy atom. The Balaban J connectivity index is 2.18. The van der Waals surface area contributed by atoms with E-state index >= 15 is 0 Å². The van der Waals surface area contributed by atoms with Gasteiger partial charge in [-0.15, -0.1) is 0 Å². The molecule has 1 aliphatic rings. The summed E-state index contributed by atoms with van der Waals surface area (Å²) in [6.45, 7) is 9.11. The molecular weight excluding hydrogens is 270 g/mol. The lowest BCUT2D eigenvalue weighted by atomic mass is 9.93. The van der Waals surface area contributed by atoms with Gasteiger partial charge < -0.3 is 9.47 Å². The first kappa shape index (κ1) is 15.4. The predicted molar refractivity (Wildman–Crippen MR) is 80.0 cm³/mol. The molecule has 5 heteroatoms. The monoisotopic (exact) mass is 291 g/mol. The highest BCUT2D eigenvalue weighted by Crippen LogP contribution is 2.34. The van der Waals surface area contributed by atoms with Crippen LogP contribution in [0.1, 0.15) is 51.4 Å². The third kappa shape index (κ3) is 3.97. The van der Waals surface area contributed by atoms with E-state index in [9.17, 15) is 9.59 Å². The van der Waals surface area contributed by atoms with Crippen LogP contribution in [0.2, 0.25) is 0 Å². The van der Waals surface area contributed by atoms with E-state index < -0.39 is 17.3 Å². The summed E-state index contributed by atoms with van der Waals surface area (Å²) < 4.78 is 11.0. The Bertz CT molecular complexity index is 584. The number of carbonyl (C=O) groups excluding carboxylic acids is 2. The smallest absolute Gasteiger partial charge is 0.412 e. The third-order valence-corrected chi connectivity index (χ3v) is 2.90. The van der Waals surface area contributed by atoms with Gasteiger partial charge in [0.2, 0.25) is 0 Å². The Morgan fingerprint density at radius 2 is 2.00 bits per heavy atom. The van der Waals surface area contributed by atoms with Gasteiger partial charge in [-0.3, -0.25) is 10.1 Å². The largest absolute Gasteiger partial charge is 0.487 e. The van der Waals surface area contributed by atoms with Gasteiger partial charge in [0.1, 0.15) is 17.0 Å². The van der Waals surface area contributed by atoms with Gasteiger partial charge in [0.15, 0.2) is 5.78 Å². The van der Waals surface area contributed by atoms with Gasteiger partial charge in [-0.25, -0.2) is 4.79 Å². The third-order valence-electron chi connectivity index (χ3n) is 2.90. The van der Waals surface area contributed by atoms with Crippen LogP contribution in [-0.4, -0.2) is 23.1 Å². The number of benzene rings is 1. The molecule has 0 aliphatic carbocycles. The number of ether oxygens (including phenoxy) is 2. The number of hydrogen-bond acceptors (Lipinski definition) is 4. The molecule has 0 saturated carbocycles. The van der Waals surface area contributed by atoms with Crippen molar-refractivity contribution in [2.45, 2.75) is 52.2 Å². The van der Waals surface area contributed by atoms with E-state index in [0.29, 0.717) is 23.4 Å². The zero-order valence-electron chi connectivity index (χ0n) is 13.1. The molecule has 1 aromatic carbocycles. The normalized spacial score (nSPS) is 16.7. The molecule has 0 atom stereocenters. The van der Waals surface area contributed by atoms with Gasteiger partial charge in [0, 0.05) is 11.8 Å². The Hall–Kier alpha value is -2.04. The quantitative estimate of drug-likeness (QED) is 0.855. The molecule has 5 nitrogen and oxygen atoms in total. The molecule has 1 N–H and O–H groups in total. The second kappa shape index (κ2) is 5.06. The Labute approximate surface area is 124 Å². The summed E-state index contributed by atoms with van der Waals surface area (Å²) in [4.78, 5) is 23.8.